The van der Waals surface area contributed by atoms with Crippen LogP contribution in [-0.2, 0) is 6.54 Å². The monoisotopic (exact) mass is 238 g/mol. The van der Waals surface area contributed by atoms with E-state index in [2.05, 4.69) is 24.4 Å². The van der Waals surface area contributed by atoms with Crippen molar-refractivity contribution in [1.82, 2.24) is 5.32 Å². The van der Waals surface area contributed by atoms with E-state index in [1.54, 1.807) is 0 Å². The number of aryl methyl sites for hydroxylation is 1. The molecule has 0 bridgehead atoms. The Bertz CT molecular complexity index is 326. The van der Waals surface area contributed by atoms with Crippen molar-refractivity contribution in [3.63, 3.8) is 0 Å². The van der Waals surface area contributed by atoms with Gasteiger partial charge >= 0.3 is 0 Å². The third-order valence-corrected chi connectivity index (χ3v) is 4.49. The molecule has 0 aliphatic heterocycles. The largest absolute Gasteiger partial charge is 0.325 e. The average molecular weight is 238 g/mol. The van der Waals surface area contributed by atoms with Crippen molar-refractivity contribution in [1.29, 1.82) is 0 Å². The second-order valence-electron chi connectivity index (χ2n) is 5.01. The highest BCUT2D eigenvalue weighted by molar-refractivity contribution is 7.11. The van der Waals surface area contributed by atoms with Gasteiger partial charge in [0, 0.05) is 21.8 Å². The molecule has 1 aliphatic rings. The molecule has 3 heteroatoms. The fourth-order valence-electron chi connectivity index (χ4n) is 2.46. The van der Waals surface area contributed by atoms with Gasteiger partial charge in [0.1, 0.15) is 0 Å². The van der Waals surface area contributed by atoms with E-state index in [4.69, 9.17) is 5.73 Å². The van der Waals surface area contributed by atoms with Gasteiger partial charge in [-0.25, -0.2) is 0 Å². The average Bonchev–Trinajstić information content (AvgIpc) is 2.84. The van der Waals surface area contributed by atoms with Crippen molar-refractivity contribution in [2.45, 2.75) is 51.1 Å². The zero-order chi connectivity index (χ0) is 11.4. The summed E-state index contributed by atoms with van der Waals surface area (Å²) in [6.45, 7) is 4.20. The third-order valence-electron chi connectivity index (χ3n) is 3.49. The van der Waals surface area contributed by atoms with Gasteiger partial charge in [-0.2, -0.15) is 0 Å². The smallest absolute Gasteiger partial charge is 0.0299 e. The molecule has 1 aromatic heterocycles. The number of hydrogen-bond donors (Lipinski definition) is 2. The van der Waals surface area contributed by atoms with E-state index in [0.717, 1.165) is 19.5 Å². The first-order valence-corrected chi connectivity index (χ1v) is 7.05. The third kappa shape index (κ3) is 3.30. The summed E-state index contributed by atoms with van der Waals surface area (Å²) in [5.74, 6) is 0. The maximum absolute atomic E-state index is 6.31. The Morgan fingerprint density at radius 1 is 1.38 bits per heavy atom. The highest BCUT2D eigenvalue weighted by atomic mass is 32.1. The molecule has 0 unspecified atom stereocenters. The minimum absolute atomic E-state index is 0.137. The first-order valence-electron chi connectivity index (χ1n) is 6.23. The summed E-state index contributed by atoms with van der Waals surface area (Å²) in [5.41, 5.74) is 6.44. The molecule has 2 nitrogen and oxygen atoms in total. The zero-order valence-corrected chi connectivity index (χ0v) is 10.9. The van der Waals surface area contributed by atoms with Gasteiger partial charge in [-0.15, -0.1) is 11.3 Å². The molecule has 0 spiro atoms. The lowest BCUT2D eigenvalue weighted by molar-refractivity contribution is 0.394. The lowest BCUT2D eigenvalue weighted by Gasteiger charge is -2.23. The van der Waals surface area contributed by atoms with Crippen molar-refractivity contribution in [3.8, 4) is 0 Å². The predicted octanol–water partition coefficient (Wildman–Crippen LogP) is 2.81. The molecule has 0 atom stereocenters. The van der Waals surface area contributed by atoms with Crippen LogP contribution in [0.15, 0.2) is 12.1 Å². The quantitative estimate of drug-likeness (QED) is 0.774. The Morgan fingerprint density at radius 2 is 2.12 bits per heavy atom. The first kappa shape index (κ1) is 12.1. The van der Waals surface area contributed by atoms with Crippen molar-refractivity contribution < 1.29 is 0 Å². The van der Waals surface area contributed by atoms with Crippen LogP contribution < -0.4 is 11.1 Å². The van der Waals surface area contributed by atoms with E-state index in [1.165, 1.54) is 35.4 Å². The van der Waals surface area contributed by atoms with Crippen LogP contribution in [0.2, 0.25) is 0 Å². The fraction of sp³-hybridized carbons (Fsp3) is 0.692. The van der Waals surface area contributed by atoms with Crippen LogP contribution in [0.5, 0.6) is 0 Å². The van der Waals surface area contributed by atoms with E-state index in [9.17, 15) is 0 Å². The Balaban J connectivity index is 1.65. The van der Waals surface area contributed by atoms with E-state index in [-0.39, 0.29) is 5.54 Å². The van der Waals surface area contributed by atoms with Crippen molar-refractivity contribution in [3.05, 3.63) is 21.9 Å². The van der Waals surface area contributed by atoms with Crippen molar-refractivity contribution in [2.75, 3.05) is 6.54 Å². The Labute approximate surface area is 102 Å². The zero-order valence-electron chi connectivity index (χ0n) is 10.1. The van der Waals surface area contributed by atoms with Crippen LogP contribution in [0.4, 0.5) is 0 Å². The number of rotatable bonds is 5. The molecule has 3 N–H and O–H groups in total. The topological polar surface area (TPSA) is 38.0 Å². The summed E-state index contributed by atoms with van der Waals surface area (Å²) >= 11 is 1.88. The van der Waals surface area contributed by atoms with Crippen LogP contribution in [0.3, 0.4) is 0 Å². The highest BCUT2D eigenvalue weighted by Crippen LogP contribution is 2.29. The number of hydrogen-bond acceptors (Lipinski definition) is 3. The molecular weight excluding hydrogens is 216 g/mol. The van der Waals surface area contributed by atoms with Crippen LogP contribution in [0.1, 0.15) is 41.9 Å². The first-order chi connectivity index (χ1) is 7.68. The number of thiophene rings is 1. The normalized spacial score (nSPS) is 19.1. The molecule has 0 aromatic carbocycles. The maximum Gasteiger partial charge on any atom is 0.0299 e. The van der Waals surface area contributed by atoms with Gasteiger partial charge < -0.3 is 11.1 Å². The lowest BCUT2D eigenvalue weighted by Crippen LogP contribution is -2.39. The fourth-order valence-corrected chi connectivity index (χ4v) is 3.32. The molecule has 1 aliphatic carbocycles. The molecule has 0 saturated heterocycles. The Hall–Kier alpha value is -0.380. The summed E-state index contributed by atoms with van der Waals surface area (Å²) < 4.78 is 0. The van der Waals surface area contributed by atoms with E-state index >= 15 is 0 Å². The van der Waals surface area contributed by atoms with Gasteiger partial charge in [0.25, 0.3) is 0 Å². The Kier molecular flexibility index (Phi) is 4.00. The van der Waals surface area contributed by atoms with Gasteiger partial charge in [-0.1, -0.05) is 12.8 Å². The van der Waals surface area contributed by atoms with Gasteiger partial charge in [0.2, 0.25) is 0 Å². The molecule has 0 amide bonds. The lowest BCUT2D eigenvalue weighted by atomic mass is 9.95. The molecule has 0 radical (unpaired) electrons. The molecule has 90 valence electrons. The molecule has 1 heterocycles. The molecular formula is C13H22N2S. The van der Waals surface area contributed by atoms with E-state index < -0.39 is 0 Å². The van der Waals surface area contributed by atoms with Crippen molar-refractivity contribution in [2.24, 2.45) is 5.73 Å². The van der Waals surface area contributed by atoms with Crippen molar-refractivity contribution >= 4 is 11.3 Å². The maximum atomic E-state index is 6.31. The number of nitrogens with two attached hydrogens (primary N) is 1. The Morgan fingerprint density at radius 3 is 2.75 bits per heavy atom. The van der Waals surface area contributed by atoms with Gasteiger partial charge in [-0.05, 0) is 44.9 Å². The molecule has 1 saturated carbocycles. The standard InChI is InChI=1S/C13H22N2S/c1-11-4-5-12(16-11)10-15-9-8-13(14)6-2-3-7-13/h4-5,15H,2-3,6-10,14H2,1H3. The summed E-state index contributed by atoms with van der Waals surface area (Å²) in [7, 11) is 0. The molecule has 1 fully saturated rings. The van der Waals surface area contributed by atoms with Crippen LogP contribution in [-0.4, -0.2) is 12.1 Å². The van der Waals surface area contributed by atoms with Crippen LogP contribution >= 0.6 is 11.3 Å². The second kappa shape index (κ2) is 5.30. The predicted molar refractivity (Wildman–Crippen MR) is 70.8 cm³/mol. The molecule has 16 heavy (non-hydrogen) atoms. The van der Waals surface area contributed by atoms with Gasteiger partial charge in [0.05, 0.1) is 0 Å². The van der Waals surface area contributed by atoms with Gasteiger partial charge in [-0.3, -0.25) is 0 Å². The summed E-state index contributed by atoms with van der Waals surface area (Å²) in [5, 5.41) is 3.50. The molecule has 1 aromatic rings. The second-order valence-corrected chi connectivity index (χ2v) is 6.38. The highest BCUT2D eigenvalue weighted by Gasteiger charge is 2.28. The van der Waals surface area contributed by atoms with E-state index in [1.807, 2.05) is 11.3 Å². The van der Waals surface area contributed by atoms with Gasteiger partial charge in [0.15, 0.2) is 0 Å². The number of nitrogens with one attached hydrogen (secondary N) is 1. The minimum atomic E-state index is 0.137. The summed E-state index contributed by atoms with van der Waals surface area (Å²) in [6, 6.07) is 4.39. The minimum Gasteiger partial charge on any atom is -0.325 e. The van der Waals surface area contributed by atoms with Crippen LogP contribution in [0, 0.1) is 6.92 Å². The summed E-state index contributed by atoms with van der Waals surface area (Å²) in [6.07, 6.45) is 6.19. The SMILES string of the molecule is Cc1ccc(CNCCC2(N)CCCC2)s1. The van der Waals surface area contributed by atoms with E-state index in [0.29, 0.717) is 0 Å². The molecule has 2 rings (SSSR count). The summed E-state index contributed by atoms with van der Waals surface area (Å²) in [4.78, 5) is 2.82. The van der Waals surface area contributed by atoms with Crippen LogP contribution in [0.25, 0.3) is 0 Å².